The van der Waals surface area contributed by atoms with Crippen LogP contribution in [0.4, 0.5) is 15.8 Å². The lowest BCUT2D eigenvalue weighted by Gasteiger charge is -2.33. The predicted molar refractivity (Wildman–Crippen MR) is 148 cm³/mol. The van der Waals surface area contributed by atoms with E-state index in [0.717, 1.165) is 27.0 Å². The Morgan fingerprint density at radius 3 is 2.35 bits per heavy atom. The Morgan fingerprint density at radius 2 is 1.70 bits per heavy atom. The van der Waals surface area contributed by atoms with Crippen LogP contribution in [0.5, 0.6) is 0 Å². The molecular formula is C29H30BrFN4O2. The predicted octanol–water partition coefficient (Wildman–Crippen LogP) is 5.61. The maximum atomic E-state index is 13.8. The molecule has 3 aromatic rings. The third kappa shape index (κ3) is 5.13. The SMILES string of the molecule is CC[C@H]1O[C@H](C2C(c3ccc(F)cc3)=NN(c3ccc(Br)cc3)C2C)N(CCc2ccc(N)cc2)C1=O. The first-order valence-electron chi connectivity index (χ1n) is 12.5. The summed E-state index contributed by atoms with van der Waals surface area (Å²) in [5.74, 6) is -0.545. The van der Waals surface area contributed by atoms with E-state index >= 15 is 0 Å². The van der Waals surface area contributed by atoms with Gasteiger partial charge in [-0.1, -0.05) is 47.1 Å². The van der Waals surface area contributed by atoms with Crippen molar-refractivity contribution in [2.24, 2.45) is 11.0 Å². The Morgan fingerprint density at radius 1 is 1.03 bits per heavy atom. The molecule has 0 bridgehead atoms. The first-order chi connectivity index (χ1) is 17.9. The minimum atomic E-state index is -0.500. The van der Waals surface area contributed by atoms with E-state index in [-0.39, 0.29) is 23.7 Å². The Bertz CT molecular complexity index is 1280. The fourth-order valence-electron chi connectivity index (χ4n) is 5.12. The highest BCUT2D eigenvalue weighted by molar-refractivity contribution is 9.10. The number of halogens is 2. The van der Waals surface area contributed by atoms with Gasteiger partial charge in [-0.25, -0.2) is 4.39 Å². The van der Waals surface area contributed by atoms with Gasteiger partial charge in [-0.2, -0.15) is 5.10 Å². The molecule has 8 heteroatoms. The molecule has 2 aliphatic rings. The van der Waals surface area contributed by atoms with Crippen molar-refractivity contribution >= 4 is 38.9 Å². The van der Waals surface area contributed by atoms with Gasteiger partial charge in [0.1, 0.15) is 18.1 Å². The van der Waals surface area contributed by atoms with E-state index in [2.05, 4.69) is 22.9 Å². The molecule has 1 amide bonds. The zero-order chi connectivity index (χ0) is 26.1. The highest BCUT2D eigenvalue weighted by Gasteiger charge is 2.50. The Balaban J connectivity index is 1.50. The normalized spacial score (nSPS) is 23.6. The molecule has 1 fully saturated rings. The minimum Gasteiger partial charge on any atom is -0.399 e. The molecule has 0 spiro atoms. The molecule has 2 unspecified atom stereocenters. The molecule has 6 nitrogen and oxygen atoms in total. The standard InChI is InChI=1S/C29H30BrFN4O2/c1-3-25-28(36)34(17-16-19-4-12-23(32)13-5-19)29(37-25)26-18(2)35(24-14-8-21(30)9-15-24)33-27(26)20-6-10-22(31)11-7-20/h4-15,18,25-26,29H,3,16-17,32H2,1-2H3/t18?,25-,26?,29-/m1/s1. The zero-order valence-electron chi connectivity index (χ0n) is 20.9. The number of anilines is 2. The molecule has 5 rings (SSSR count). The van der Waals surface area contributed by atoms with Gasteiger partial charge in [0.25, 0.3) is 5.91 Å². The molecule has 0 aromatic heterocycles. The zero-order valence-corrected chi connectivity index (χ0v) is 22.4. The number of benzene rings is 3. The maximum Gasteiger partial charge on any atom is 0.253 e. The highest BCUT2D eigenvalue weighted by atomic mass is 79.9. The number of hydrazone groups is 1. The largest absolute Gasteiger partial charge is 0.399 e. The summed E-state index contributed by atoms with van der Waals surface area (Å²) < 4.78 is 21.2. The van der Waals surface area contributed by atoms with Crippen LogP contribution >= 0.6 is 15.9 Å². The van der Waals surface area contributed by atoms with E-state index in [1.165, 1.54) is 12.1 Å². The van der Waals surface area contributed by atoms with Gasteiger partial charge < -0.3 is 15.4 Å². The molecule has 37 heavy (non-hydrogen) atoms. The second-order valence-corrected chi connectivity index (χ2v) is 10.4. The molecule has 4 atom stereocenters. The van der Waals surface area contributed by atoms with E-state index in [4.69, 9.17) is 15.6 Å². The van der Waals surface area contributed by atoms with Crippen LogP contribution < -0.4 is 10.7 Å². The van der Waals surface area contributed by atoms with Crippen LogP contribution in [0.15, 0.2) is 82.4 Å². The van der Waals surface area contributed by atoms with Crippen LogP contribution in [0.3, 0.4) is 0 Å². The average Bonchev–Trinajstić information content (AvgIpc) is 3.40. The van der Waals surface area contributed by atoms with E-state index in [1.54, 1.807) is 12.1 Å². The Kier molecular flexibility index (Phi) is 7.31. The number of ether oxygens (including phenoxy) is 1. The number of nitrogens with zero attached hydrogens (tertiary/aromatic N) is 3. The molecule has 0 radical (unpaired) electrons. The highest BCUT2D eigenvalue weighted by Crippen LogP contribution is 2.38. The fourth-order valence-corrected chi connectivity index (χ4v) is 5.38. The molecular weight excluding hydrogens is 535 g/mol. The molecule has 1 saturated heterocycles. The van der Waals surface area contributed by atoms with Crippen molar-refractivity contribution < 1.29 is 13.9 Å². The van der Waals surface area contributed by atoms with Gasteiger partial charge in [0, 0.05) is 16.7 Å². The van der Waals surface area contributed by atoms with E-state index in [9.17, 15) is 9.18 Å². The molecule has 2 heterocycles. The van der Waals surface area contributed by atoms with Gasteiger partial charge in [-0.3, -0.25) is 9.80 Å². The number of amides is 1. The smallest absolute Gasteiger partial charge is 0.253 e. The summed E-state index contributed by atoms with van der Waals surface area (Å²) in [6, 6.07) is 21.9. The van der Waals surface area contributed by atoms with Gasteiger partial charge in [-0.05, 0) is 79.4 Å². The van der Waals surface area contributed by atoms with Crippen molar-refractivity contribution in [2.45, 2.75) is 45.1 Å². The maximum absolute atomic E-state index is 13.8. The number of carbonyl (C=O) groups is 1. The molecule has 0 aliphatic carbocycles. The van der Waals surface area contributed by atoms with Gasteiger partial charge in [-0.15, -0.1) is 0 Å². The summed E-state index contributed by atoms with van der Waals surface area (Å²) in [4.78, 5) is 15.3. The number of nitrogens with two attached hydrogens (primary N) is 1. The van der Waals surface area contributed by atoms with Crippen molar-refractivity contribution in [3.8, 4) is 0 Å². The lowest BCUT2D eigenvalue weighted by molar-refractivity contribution is -0.130. The lowest BCUT2D eigenvalue weighted by Crippen LogP contribution is -2.47. The van der Waals surface area contributed by atoms with Crippen LogP contribution in [-0.2, 0) is 16.0 Å². The number of carbonyl (C=O) groups excluding carboxylic acids is 1. The summed E-state index contributed by atoms with van der Waals surface area (Å²) in [5.41, 5.74) is 10.2. The molecule has 192 valence electrons. The Hall–Kier alpha value is -3.23. The Labute approximate surface area is 225 Å². The van der Waals surface area contributed by atoms with Crippen molar-refractivity contribution in [1.29, 1.82) is 0 Å². The molecule has 2 N–H and O–H groups in total. The molecule has 0 saturated carbocycles. The second-order valence-electron chi connectivity index (χ2n) is 9.53. The first-order valence-corrected chi connectivity index (χ1v) is 13.3. The van der Waals surface area contributed by atoms with Crippen molar-refractivity contribution in [2.75, 3.05) is 17.3 Å². The lowest BCUT2D eigenvalue weighted by atomic mass is 9.89. The molecule has 2 aliphatic heterocycles. The van der Waals surface area contributed by atoms with Crippen LogP contribution in [-0.4, -0.2) is 41.4 Å². The van der Waals surface area contributed by atoms with E-state index < -0.39 is 12.3 Å². The third-order valence-corrected chi connectivity index (χ3v) is 7.67. The van der Waals surface area contributed by atoms with Gasteiger partial charge in [0.15, 0.2) is 0 Å². The number of hydrogen-bond acceptors (Lipinski definition) is 5. The van der Waals surface area contributed by atoms with Crippen molar-refractivity contribution in [3.63, 3.8) is 0 Å². The summed E-state index contributed by atoms with van der Waals surface area (Å²) >= 11 is 3.50. The monoisotopic (exact) mass is 564 g/mol. The topological polar surface area (TPSA) is 71.2 Å². The summed E-state index contributed by atoms with van der Waals surface area (Å²) in [7, 11) is 0. The van der Waals surface area contributed by atoms with Crippen LogP contribution in [0.2, 0.25) is 0 Å². The van der Waals surface area contributed by atoms with Crippen LogP contribution in [0, 0.1) is 11.7 Å². The fraction of sp³-hybridized carbons (Fsp3) is 0.310. The van der Waals surface area contributed by atoms with Gasteiger partial charge in [0.05, 0.1) is 23.4 Å². The average molecular weight is 565 g/mol. The quantitative estimate of drug-likeness (QED) is 0.379. The van der Waals surface area contributed by atoms with E-state index in [1.807, 2.05) is 65.4 Å². The first kappa shape index (κ1) is 25.4. The number of rotatable bonds is 7. The minimum absolute atomic E-state index is 0.00399. The summed E-state index contributed by atoms with van der Waals surface area (Å²) in [6.45, 7) is 4.57. The summed E-state index contributed by atoms with van der Waals surface area (Å²) in [5, 5.41) is 6.99. The van der Waals surface area contributed by atoms with Gasteiger partial charge in [0.2, 0.25) is 0 Å². The van der Waals surface area contributed by atoms with Crippen LogP contribution in [0.1, 0.15) is 31.4 Å². The van der Waals surface area contributed by atoms with E-state index in [0.29, 0.717) is 25.1 Å². The number of hydrogen-bond donors (Lipinski definition) is 1. The summed E-state index contributed by atoms with van der Waals surface area (Å²) in [6.07, 6.45) is 0.280. The molecule has 3 aromatic carbocycles. The number of nitrogen functional groups attached to an aromatic ring is 1. The van der Waals surface area contributed by atoms with Crippen molar-refractivity contribution in [3.05, 3.63) is 94.2 Å². The third-order valence-electron chi connectivity index (χ3n) is 7.14. The second kappa shape index (κ2) is 10.6. The van der Waals surface area contributed by atoms with Crippen LogP contribution in [0.25, 0.3) is 0 Å². The van der Waals surface area contributed by atoms with Gasteiger partial charge >= 0.3 is 0 Å². The van der Waals surface area contributed by atoms with Crippen molar-refractivity contribution in [1.82, 2.24) is 4.90 Å².